The van der Waals surface area contributed by atoms with Crippen LogP contribution in [-0.2, 0) is 0 Å². The Morgan fingerprint density at radius 2 is 0.667 bits per heavy atom. The van der Waals surface area contributed by atoms with Crippen LogP contribution in [0.3, 0.4) is 0 Å². The van der Waals surface area contributed by atoms with E-state index in [9.17, 15) is 0 Å². The molecular weight excluding hydrogens is 434 g/mol. The van der Waals surface area contributed by atoms with Crippen molar-refractivity contribution in [3.05, 3.63) is 12.2 Å². The number of allylic oxidation sites excluding steroid dienone is 2. The summed E-state index contributed by atoms with van der Waals surface area (Å²) in [5, 5.41) is 0. The van der Waals surface area contributed by atoms with E-state index in [-0.39, 0.29) is 0 Å². The molecule has 0 aliphatic rings. The Morgan fingerprint density at radius 1 is 0.389 bits per heavy atom. The fourth-order valence-electron chi connectivity index (χ4n) is 5.51. The third-order valence-corrected chi connectivity index (χ3v) is 8.17. The van der Waals surface area contributed by atoms with Crippen molar-refractivity contribution in [1.82, 2.24) is 4.90 Å². The molecule has 0 saturated heterocycles. The van der Waals surface area contributed by atoms with E-state index >= 15 is 0 Å². The summed E-state index contributed by atoms with van der Waals surface area (Å²) in [6.07, 6.45) is 44.8. The summed E-state index contributed by atoms with van der Waals surface area (Å²) in [6.45, 7) is 4.60. The van der Waals surface area contributed by atoms with Crippen molar-refractivity contribution in [2.24, 2.45) is 0 Å². The minimum Gasteiger partial charge on any atom is -0.306 e. The molecule has 0 heterocycles. The summed E-state index contributed by atoms with van der Waals surface area (Å²) < 4.78 is 0. The molecule has 1 nitrogen and oxygen atoms in total. The molecule has 0 rings (SSSR count). The smallest absolute Gasteiger partial charge is 0.00891 e. The van der Waals surface area contributed by atoms with Gasteiger partial charge >= 0.3 is 0 Å². The maximum atomic E-state index is 2.49. The molecule has 0 saturated carbocycles. The molecule has 0 radical (unpaired) electrons. The zero-order chi connectivity index (χ0) is 26.4. The molecule has 0 bridgehead atoms. The van der Waals surface area contributed by atoms with Crippen molar-refractivity contribution in [2.75, 3.05) is 14.1 Å². The van der Waals surface area contributed by atoms with Gasteiger partial charge in [0.1, 0.15) is 0 Å². The van der Waals surface area contributed by atoms with Crippen molar-refractivity contribution in [1.29, 1.82) is 0 Å². The van der Waals surface area contributed by atoms with Gasteiger partial charge in [0, 0.05) is 6.04 Å². The third kappa shape index (κ3) is 28.3. The summed E-state index contributed by atoms with van der Waals surface area (Å²) >= 11 is 0. The van der Waals surface area contributed by atoms with Gasteiger partial charge < -0.3 is 4.90 Å². The van der Waals surface area contributed by atoms with Gasteiger partial charge in [-0.05, 0) is 52.6 Å². The van der Waals surface area contributed by atoms with E-state index in [0.717, 1.165) is 6.04 Å². The van der Waals surface area contributed by atoms with Crippen LogP contribution in [-0.4, -0.2) is 25.0 Å². The molecule has 216 valence electrons. The predicted molar refractivity (Wildman–Crippen MR) is 167 cm³/mol. The van der Waals surface area contributed by atoms with Gasteiger partial charge in [0.2, 0.25) is 0 Å². The van der Waals surface area contributed by atoms with Gasteiger partial charge in [0.15, 0.2) is 0 Å². The molecule has 0 aliphatic heterocycles. The standard InChI is InChI=1S/C35H71N/c1-5-7-9-11-13-14-15-16-17-18-19-20-21-22-23-24-25-26-28-30-32-34-35(36(3)4)33-31-29-27-12-10-8-6-2/h16-17,35H,5-15,18-34H2,1-4H3/b17-16+. The quantitative estimate of drug-likeness (QED) is 0.0692. The molecule has 0 aliphatic carbocycles. The Morgan fingerprint density at radius 3 is 0.972 bits per heavy atom. The average molecular weight is 506 g/mol. The summed E-state index contributed by atoms with van der Waals surface area (Å²) in [6, 6.07) is 0.816. The highest BCUT2D eigenvalue weighted by molar-refractivity contribution is 4.81. The first-order valence-corrected chi connectivity index (χ1v) is 17.0. The number of rotatable bonds is 30. The molecule has 0 fully saturated rings. The molecule has 0 aromatic carbocycles. The summed E-state index contributed by atoms with van der Waals surface area (Å²) in [5.41, 5.74) is 0. The fraction of sp³-hybridized carbons (Fsp3) is 0.943. The van der Waals surface area contributed by atoms with Crippen LogP contribution in [0, 0.1) is 0 Å². The molecule has 0 aromatic heterocycles. The van der Waals surface area contributed by atoms with Gasteiger partial charge in [-0.15, -0.1) is 0 Å². The van der Waals surface area contributed by atoms with Crippen LogP contribution in [0.25, 0.3) is 0 Å². The highest BCUT2D eigenvalue weighted by Crippen LogP contribution is 2.18. The summed E-state index contributed by atoms with van der Waals surface area (Å²) in [4.78, 5) is 2.49. The Labute approximate surface area is 230 Å². The van der Waals surface area contributed by atoms with Crippen LogP contribution in [0.15, 0.2) is 12.2 Å². The second-order valence-corrected chi connectivity index (χ2v) is 12.0. The number of unbranched alkanes of at least 4 members (excludes halogenated alkanes) is 23. The predicted octanol–water partition coefficient (Wildman–Crippen LogP) is 12.4. The monoisotopic (exact) mass is 506 g/mol. The third-order valence-electron chi connectivity index (χ3n) is 8.17. The first kappa shape index (κ1) is 35.7. The van der Waals surface area contributed by atoms with Crippen LogP contribution < -0.4 is 0 Å². The number of nitrogens with zero attached hydrogens (tertiary/aromatic N) is 1. The Bertz CT molecular complexity index is 413. The van der Waals surface area contributed by atoms with Crippen LogP contribution in [0.2, 0.25) is 0 Å². The summed E-state index contributed by atoms with van der Waals surface area (Å²) in [5.74, 6) is 0. The van der Waals surface area contributed by atoms with Gasteiger partial charge in [-0.2, -0.15) is 0 Å². The Kier molecular flexibility index (Phi) is 30.7. The lowest BCUT2D eigenvalue weighted by molar-refractivity contribution is 0.251. The van der Waals surface area contributed by atoms with Crippen molar-refractivity contribution in [2.45, 2.75) is 200 Å². The van der Waals surface area contributed by atoms with Crippen LogP contribution in [0.1, 0.15) is 194 Å². The molecule has 1 heteroatoms. The van der Waals surface area contributed by atoms with Crippen molar-refractivity contribution in [3.8, 4) is 0 Å². The normalized spacial score (nSPS) is 12.8. The van der Waals surface area contributed by atoms with E-state index in [0.29, 0.717) is 0 Å². The van der Waals surface area contributed by atoms with Crippen LogP contribution in [0.5, 0.6) is 0 Å². The lowest BCUT2D eigenvalue weighted by atomic mass is 9.99. The minimum atomic E-state index is 0.816. The average Bonchev–Trinajstić information content (AvgIpc) is 2.87. The first-order chi connectivity index (χ1) is 17.7. The van der Waals surface area contributed by atoms with E-state index < -0.39 is 0 Å². The maximum Gasteiger partial charge on any atom is 0.00891 e. The molecule has 0 spiro atoms. The number of hydrogen-bond donors (Lipinski definition) is 0. The van der Waals surface area contributed by atoms with Crippen molar-refractivity contribution < 1.29 is 0 Å². The molecule has 0 aromatic rings. The highest BCUT2D eigenvalue weighted by Gasteiger charge is 2.10. The minimum absolute atomic E-state index is 0.816. The highest BCUT2D eigenvalue weighted by atomic mass is 15.1. The largest absolute Gasteiger partial charge is 0.306 e. The SMILES string of the molecule is CCCCCCCC/C=C/CCCCCCCCCCCCCC(CCCCCCCCC)N(C)C. The lowest BCUT2D eigenvalue weighted by Crippen LogP contribution is -2.27. The van der Waals surface area contributed by atoms with Gasteiger partial charge in [-0.25, -0.2) is 0 Å². The van der Waals surface area contributed by atoms with E-state index in [2.05, 4.69) is 45.0 Å². The van der Waals surface area contributed by atoms with E-state index in [4.69, 9.17) is 0 Å². The van der Waals surface area contributed by atoms with Crippen molar-refractivity contribution in [3.63, 3.8) is 0 Å². The fourth-order valence-corrected chi connectivity index (χ4v) is 5.51. The Hall–Kier alpha value is -0.300. The van der Waals surface area contributed by atoms with Gasteiger partial charge in [0.05, 0.1) is 0 Å². The van der Waals surface area contributed by atoms with Gasteiger partial charge in [0.25, 0.3) is 0 Å². The summed E-state index contributed by atoms with van der Waals surface area (Å²) in [7, 11) is 4.58. The molecular formula is C35H71N. The Balaban J connectivity index is 3.34. The number of hydrogen-bond acceptors (Lipinski definition) is 1. The van der Waals surface area contributed by atoms with E-state index in [1.54, 1.807) is 0 Å². The lowest BCUT2D eigenvalue weighted by Gasteiger charge is -2.24. The molecule has 36 heavy (non-hydrogen) atoms. The molecule has 1 unspecified atom stereocenters. The van der Waals surface area contributed by atoms with Crippen molar-refractivity contribution >= 4 is 0 Å². The maximum absolute atomic E-state index is 2.49. The zero-order valence-corrected chi connectivity index (χ0v) is 26.0. The molecule has 1 atom stereocenters. The molecule has 0 amide bonds. The van der Waals surface area contributed by atoms with Gasteiger partial charge in [-0.3, -0.25) is 0 Å². The van der Waals surface area contributed by atoms with E-state index in [1.807, 2.05) is 0 Å². The van der Waals surface area contributed by atoms with Crippen LogP contribution >= 0.6 is 0 Å². The van der Waals surface area contributed by atoms with E-state index in [1.165, 1.54) is 180 Å². The van der Waals surface area contributed by atoms with Gasteiger partial charge in [-0.1, -0.05) is 167 Å². The van der Waals surface area contributed by atoms with Crippen LogP contribution in [0.4, 0.5) is 0 Å². The second-order valence-electron chi connectivity index (χ2n) is 12.0. The zero-order valence-electron chi connectivity index (χ0n) is 26.0. The molecule has 0 N–H and O–H groups in total. The first-order valence-electron chi connectivity index (χ1n) is 17.0. The second kappa shape index (κ2) is 30.9. The topological polar surface area (TPSA) is 3.24 Å².